The van der Waals surface area contributed by atoms with Gasteiger partial charge in [-0.1, -0.05) is 61.9 Å². The first-order chi connectivity index (χ1) is 11.1. The van der Waals surface area contributed by atoms with Gasteiger partial charge >= 0.3 is 0 Å². The summed E-state index contributed by atoms with van der Waals surface area (Å²) in [6.45, 7) is 2.13. The van der Waals surface area contributed by atoms with Crippen LogP contribution in [0.3, 0.4) is 0 Å². The summed E-state index contributed by atoms with van der Waals surface area (Å²) in [6, 6.07) is 13.9. The van der Waals surface area contributed by atoms with Crippen LogP contribution in [0.4, 0.5) is 0 Å². The van der Waals surface area contributed by atoms with Gasteiger partial charge in [-0.25, -0.2) is 0 Å². The van der Waals surface area contributed by atoms with E-state index in [0.29, 0.717) is 16.7 Å². The Morgan fingerprint density at radius 2 is 1.48 bits per heavy atom. The number of unbranched alkanes of at least 4 members (excludes halogenated alkanes) is 1. The number of fused-ring (bicyclic) bond motifs is 1. The third-order valence-electron chi connectivity index (χ3n) is 4.30. The van der Waals surface area contributed by atoms with Crippen molar-refractivity contribution < 1.29 is 14.4 Å². The molecule has 23 heavy (non-hydrogen) atoms. The summed E-state index contributed by atoms with van der Waals surface area (Å²) in [4.78, 5) is 37.4. The van der Waals surface area contributed by atoms with E-state index in [1.165, 1.54) is 0 Å². The molecule has 1 aliphatic rings. The Hall–Kier alpha value is -2.55. The van der Waals surface area contributed by atoms with Gasteiger partial charge < -0.3 is 0 Å². The lowest BCUT2D eigenvalue weighted by molar-refractivity contribution is 0.0756. The molecule has 0 heterocycles. The van der Waals surface area contributed by atoms with E-state index < -0.39 is 11.7 Å². The highest BCUT2D eigenvalue weighted by atomic mass is 16.2. The normalized spacial score (nSPS) is 14.1. The number of Topliss-reactive ketones (excluding diaryl/α,β-unsaturated/α-hetero) is 3. The van der Waals surface area contributed by atoms with Crippen molar-refractivity contribution >= 4 is 17.3 Å². The Balaban J connectivity index is 1.84. The van der Waals surface area contributed by atoms with Crippen molar-refractivity contribution in [3.8, 4) is 0 Å². The number of aryl methyl sites for hydroxylation is 1. The molecular formula is C20H18O3. The van der Waals surface area contributed by atoms with E-state index in [0.717, 1.165) is 24.8 Å². The molecule has 0 spiro atoms. The number of benzene rings is 2. The summed E-state index contributed by atoms with van der Waals surface area (Å²) >= 11 is 0. The zero-order valence-corrected chi connectivity index (χ0v) is 13.0. The van der Waals surface area contributed by atoms with Crippen molar-refractivity contribution in [2.24, 2.45) is 5.92 Å². The van der Waals surface area contributed by atoms with Crippen LogP contribution in [0.2, 0.25) is 0 Å². The second kappa shape index (κ2) is 6.29. The minimum atomic E-state index is -1.21. The summed E-state index contributed by atoms with van der Waals surface area (Å²) in [6.07, 6.45) is 3.18. The van der Waals surface area contributed by atoms with Gasteiger partial charge in [0.15, 0.2) is 17.3 Å². The number of carbonyl (C=O) groups excluding carboxylic acids is 3. The minimum absolute atomic E-state index is 0.357. The van der Waals surface area contributed by atoms with Gasteiger partial charge in [0.2, 0.25) is 0 Å². The summed E-state index contributed by atoms with van der Waals surface area (Å²) in [5, 5.41) is 0. The molecule has 0 atom stereocenters. The minimum Gasteiger partial charge on any atom is -0.293 e. The smallest absolute Gasteiger partial charge is 0.182 e. The molecular weight excluding hydrogens is 288 g/mol. The highest BCUT2D eigenvalue weighted by Crippen LogP contribution is 2.29. The monoisotopic (exact) mass is 306 g/mol. The molecule has 2 aromatic rings. The second-order valence-electron chi connectivity index (χ2n) is 5.87. The summed E-state index contributed by atoms with van der Waals surface area (Å²) in [5.41, 5.74) is 2.30. The van der Waals surface area contributed by atoms with E-state index in [1.807, 2.05) is 12.1 Å². The fourth-order valence-electron chi connectivity index (χ4n) is 2.96. The van der Waals surface area contributed by atoms with Crippen LogP contribution in [-0.4, -0.2) is 17.3 Å². The number of hydrogen-bond acceptors (Lipinski definition) is 3. The maximum absolute atomic E-state index is 12.6. The number of ketones is 3. The summed E-state index contributed by atoms with van der Waals surface area (Å²) < 4.78 is 0. The van der Waals surface area contributed by atoms with E-state index in [-0.39, 0.29) is 11.6 Å². The van der Waals surface area contributed by atoms with Crippen molar-refractivity contribution in [2.75, 3.05) is 0 Å². The van der Waals surface area contributed by atoms with E-state index in [1.54, 1.807) is 36.4 Å². The Morgan fingerprint density at radius 1 is 0.913 bits per heavy atom. The molecule has 0 aliphatic heterocycles. The first kappa shape index (κ1) is 15.3. The Kier molecular flexibility index (Phi) is 4.20. The molecule has 0 saturated carbocycles. The molecule has 3 rings (SSSR count). The van der Waals surface area contributed by atoms with Crippen LogP contribution in [0, 0.1) is 5.92 Å². The van der Waals surface area contributed by atoms with Crippen LogP contribution >= 0.6 is 0 Å². The zero-order valence-electron chi connectivity index (χ0n) is 13.0. The third-order valence-corrected chi connectivity index (χ3v) is 4.30. The lowest BCUT2D eigenvalue weighted by atomic mass is 9.92. The molecule has 3 nitrogen and oxygen atoms in total. The fraction of sp³-hybridized carbons (Fsp3) is 0.250. The molecule has 0 aromatic heterocycles. The van der Waals surface area contributed by atoms with Gasteiger partial charge in [-0.2, -0.15) is 0 Å². The van der Waals surface area contributed by atoms with E-state index in [2.05, 4.69) is 6.92 Å². The molecule has 0 radical (unpaired) electrons. The average molecular weight is 306 g/mol. The van der Waals surface area contributed by atoms with Gasteiger partial charge in [0.1, 0.15) is 5.92 Å². The highest BCUT2D eigenvalue weighted by molar-refractivity contribution is 6.37. The standard InChI is InChI=1S/C20H18O3/c1-2-3-6-13-9-11-14(12-10-13)18(21)17-19(22)15-7-4-5-8-16(15)20(17)23/h4-5,7-12,17H,2-3,6H2,1H3. The number of carbonyl (C=O) groups is 3. The molecule has 2 aromatic carbocycles. The van der Waals surface area contributed by atoms with Crippen molar-refractivity contribution in [3.05, 3.63) is 70.8 Å². The number of rotatable bonds is 5. The van der Waals surface area contributed by atoms with Crippen LogP contribution in [-0.2, 0) is 6.42 Å². The summed E-state index contributed by atoms with van der Waals surface area (Å²) in [7, 11) is 0. The van der Waals surface area contributed by atoms with Gasteiger partial charge in [-0.15, -0.1) is 0 Å². The Bertz CT molecular complexity index is 737. The van der Waals surface area contributed by atoms with E-state index in [4.69, 9.17) is 0 Å². The quantitative estimate of drug-likeness (QED) is 0.621. The lowest BCUT2D eigenvalue weighted by Crippen LogP contribution is -2.25. The Morgan fingerprint density at radius 3 is 2.00 bits per heavy atom. The van der Waals surface area contributed by atoms with Gasteiger partial charge in [-0.3, -0.25) is 14.4 Å². The second-order valence-corrected chi connectivity index (χ2v) is 5.87. The van der Waals surface area contributed by atoms with Gasteiger partial charge in [0, 0.05) is 16.7 Å². The van der Waals surface area contributed by atoms with Crippen molar-refractivity contribution in [2.45, 2.75) is 26.2 Å². The first-order valence-electron chi connectivity index (χ1n) is 7.94. The van der Waals surface area contributed by atoms with Gasteiger partial charge in [-0.05, 0) is 18.4 Å². The van der Waals surface area contributed by atoms with E-state index >= 15 is 0 Å². The molecule has 0 N–H and O–H groups in total. The SMILES string of the molecule is CCCCc1ccc(C(=O)C2C(=O)c3ccccc3C2=O)cc1. The number of hydrogen-bond donors (Lipinski definition) is 0. The largest absolute Gasteiger partial charge is 0.293 e. The molecule has 0 amide bonds. The predicted molar refractivity (Wildman–Crippen MR) is 88.0 cm³/mol. The molecule has 0 unspecified atom stereocenters. The first-order valence-corrected chi connectivity index (χ1v) is 7.94. The van der Waals surface area contributed by atoms with Crippen LogP contribution in [0.5, 0.6) is 0 Å². The van der Waals surface area contributed by atoms with Crippen LogP contribution in [0.25, 0.3) is 0 Å². The van der Waals surface area contributed by atoms with Crippen LogP contribution in [0.1, 0.15) is 56.4 Å². The van der Waals surface area contributed by atoms with Gasteiger partial charge in [0.25, 0.3) is 0 Å². The van der Waals surface area contributed by atoms with Crippen molar-refractivity contribution in [1.82, 2.24) is 0 Å². The topological polar surface area (TPSA) is 51.2 Å². The fourth-order valence-corrected chi connectivity index (χ4v) is 2.96. The molecule has 3 heteroatoms. The van der Waals surface area contributed by atoms with Crippen LogP contribution in [0.15, 0.2) is 48.5 Å². The molecule has 1 aliphatic carbocycles. The summed E-state index contributed by atoms with van der Waals surface area (Å²) in [5.74, 6) is -2.39. The third kappa shape index (κ3) is 2.74. The predicted octanol–water partition coefficient (Wildman–Crippen LogP) is 3.91. The van der Waals surface area contributed by atoms with E-state index in [9.17, 15) is 14.4 Å². The average Bonchev–Trinajstić information content (AvgIpc) is 2.84. The maximum atomic E-state index is 12.6. The molecule has 0 fully saturated rings. The van der Waals surface area contributed by atoms with Crippen molar-refractivity contribution in [1.29, 1.82) is 0 Å². The molecule has 0 saturated heterocycles. The zero-order chi connectivity index (χ0) is 16.4. The van der Waals surface area contributed by atoms with Crippen molar-refractivity contribution in [3.63, 3.8) is 0 Å². The lowest BCUT2D eigenvalue weighted by Gasteiger charge is -2.07. The van der Waals surface area contributed by atoms with Crippen LogP contribution < -0.4 is 0 Å². The highest BCUT2D eigenvalue weighted by Gasteiger charge is 2.43. The van der Waals surface area contributed by atoms with Gasteiger partial charge in [0.05, 0.1) is 0 Å². The molecule has 0 bridgehead atoms. The molecule has 116 valence electrons. The maximum Gasteiger partial charge on any atom is 0.182 e. The Labute approximate surface area is 135 Å².